The molecule has 2 N–H and O–H groups in total. The Morgan fingerprint density at radius 3 is 2.89 bits per heavy atom. The van der Waals surface area contributed by atoms with E-state index in [9.17, 15) is 9.90 Å². The molecule has 4 nitrogen and oxygen atoms in total. The molecular formula is C13H13ClN2O2S. The minimum atomic E-state index is -1.23. The summed E-state index contributed by atoms with van der Waals surface area (Å²) in [7, 11) is 0. The van der Waals surface area contributed by atoms with E-state index in [4.69, 9.17) is 11.6 Å². The molecule has 1 amide bonds. The van der Waals surface area contributed by atoms with E-state index in [1.807, 2.05) is 0 Å². The molecule has 100 valence electrons. The van der Waals surface area contributed by atoms with Crippen LogP contribution in [0.15, 0.2) is 35.2 Å². The molecule has 19 heavy (non-hydrogen) atoms. The molecule has 0 spiro atoms. The van der Waals surface area contributed by atoms with Gasteiger partial charge in [0.1, 0.15) is 11.3 Å². The van der Waals surface area contributed by atoms with Crippen molar-refractivity contribution in [3.05, 3.63) is 51.4 Å². The van der Waals surface area contributed by atoms with Gasteiger partial charge in [0.25, 0.3) is 5.91 Å². The Morgan fingerprint density at radius 2 is 2.26 bits per heavy atom. The van der Waals surface area contributed by atoms with E-state index in [1.54, 1.807) is 42.1 Å². The first-order chi connectivity index (χ1) is 9.00. The molecule has 1 aromatic carbocycles. The summed E-state index contributed by atoms with van der Waals surface area (Å²) in [5.41, 5.74) is 1.28. The third kappa shape index (κ3) is 3.32. The number of nitrogens with zero attached hydrogens (tertiary/aromatic N) is 1. The summed E-state index contributed by atoms with van der Waals surface area (Å²) < 4.78 is 0. The quantitative estimate of drug-likeness (QED) is 0.911. The van der Waals surface area contributed by atoms with E-state index >= 15 is 0 Å². The molecule has 0 fully saturated rings. The molecule has 1 atom stereocenters. The predicted molar refractivity (Wildman–Crippen MR) is 75.5 cm³/mol. The van der Waals surface area contributed by atoms with E-state index < -0.39 is 5.60 Å². The van der Waals surface area contributed by atoms with Crippen LogP contribution in [0.3, 0.4) is 0 Å². The molecular weight excluding hydrogens is 284 g/mol. The van der Waals surface area contributed by atoms with Crippen molar-refractivity contribution >= 4 is 28.8 Å². The molecule has 0 aliphatic heterocycles. The number of carbonyl (C=O) groups is 1. The van der Waals surface area contributed by atoms with Crippen LogP contribution in [0.1, 0.15) is 23.0 Å². The van der Waals surface area contributed by atoms with Crippen LogP contribution in [0.2, 0.25) is 5.02 Å². The lowest BCUT2D eigenvalue weighted by Crippen LogP contribution is -2.38. The summed E-state index contributed by atoms with van der Waals surface area (Å²) in [6.45, 7) is 1.67. The first-order valence-electron chi connectivity index (χ1n) is 5.64. The van der Waals surface area contributed by atoms with Gasteiger partial charge < -0.3 is 10.4 Å². The number of hydrogen-bond donors (Lipinski definition) is 2. The molecule has 0 aliphatic rings. The highest BCUT2D eigenvalue weighted by atomic mass is 35.5. The Labute approximate surface area is 120 Å². The normalized spacial score (nSPS) is 13.8. The van der Waals surface area contributed by atoms with Crippen molar-refractivity contribution in [2.24, 2.45) is 0 Å². The smallest absolute Gasteiger partial charge is 0.270 e. The maximum Gasteiger partial charge on any atom is 0.270 e. The maximum absolute atomic E-state index is 11.8. The van der Waals surface area contributed by atoms with Crippen molar-refractivity contribution in [2.45, 2.75) is 12.5 Å². The van der Waals surface area contributed by atoms with Crippen LogP contribution < -0.4 is 5.32 Å². The van der Waals surface area contributed by atoms with E-state index in [0.717, 1.165) is 0 Å². The summed E-state index contributed by atoms with van der Waals surface area (Å²) in [5.74, 6) is -0.312. The summed E-state index contributed by atoms with van der Waals surface area (Å²) in [5, 5.41) is 15.2. The number of hydrogen-bond acceptors (Lipinski definition) is 4. The average Bonchev–Trinajstić information content (AvgIpc) is 2.90. The Kier molecular flexibility index (Phi) is 4.19. The van der Waals surface area contributed by atoms with Crippen molar-refractivity contribution in [2.75, 3.05) is 6.54 Å². The van der Waals surface area contributed by atoms with Crippen LogP contribution in [0.5, 0.6) is 0 Å². The topological polar surface area (TPSA) is 62.2 Å². The zero-order valence-electron chi connectivity index (χ0n) is 10.3. The number of benzene rings is 1. The molecule has 6 heteroatoms. The highest BCUT2D eigenvalue weighted by molar-refractivity contribution is 7.07. The zero-order valence-corrected chi connectivity index (χ0v) is 11.8. The Hall–Kier alpha value is -1.43. The Balaban J connectivity index is 2.06. The number of amides is 1. The number of rotatable bonds is 4. The second kappa shape index (κ2) is 5.69. The van der Waals surface area contributed by atoms with Gasteiger partial charge in [0.15, 0.2) is 0 Å². The number of nitrogens with one attached hydrogen (secondary N) is 1. The number of aliphatic hydroxyl groups is 1. The summed E-state index contributed by atoms with van der Waals surface area (Å²) >= 11 is 7.38. The van der Waals surface area contributed by atoms with Crippen LogP contribution in [-0.2, 0) is 5.60 Å². The van der Waals surface area contributed by atoms with Gasteiger partial charge in [-0.1, -0.05) is 29.8 Å². The van der Waals surface area contributed by atoms with Crippen LogP contribution in [0, 0.1) is 0 Å². The molecule has 0 saturated heterocycles. The molecule has 0 saturated carbocycles. The number of thiazole rings is 1. The molecule has 0 radical (unpaired) electrons. The van der Waals surface area contributed by atoms with Gasteiger partial charge in [-0.3, -0.25) is 4.79 Å². The lowest BCUT2D eigenvalue weighted by atomic mass is 9.96. The highest BCUT2D eigenvalue weighted by Gasteiger charge is 2.26. The minimum Gasteiger partial charge on any atom is -0.384 e. The molecule has 2 rings (SSSR count). The first-order valence-corrected chi connectivity index (χ1v) is 6.96. The molecule has 0 aliphatic carbocycles. The fraction of sp³-hybridized carbons (Fsp3) is 0.231. The van der Waals surface area contributed by atoms with E-state index in [-0.39, 0.29) is 12.5 Å². The number of aromatic nitrogens is 1. The van der Waals surface area contributed by atoms with E-state index in [0.29, 0.717) is 16.3 Å². The molecule has 1 heterocycles. The Bertz CT molecular complexity index is 570. The first kappa shape index (κ1) is 14.0. The highest BCUT2D eigenvalue weighted by Crippen LogP contribution is 2.27. The van der Waals surface area contributed by atoms with Gasteiger partial charge in [-0.2, -0.15) is 0 Å². The van der Waals surface area contributed by atoms with E-state index in [1.165, 1.54) is 11.3 Å². The van der Waals surface area contributed by atoms with Crippen LogP contribution >= 0.6 is 22.9 Å². The third-order valence-electron chi connectivity index (χ3n) is 2.71. The van der Waals surface area contributed by atoms with Gasteiger partial charge in [-0.15, -0.1) is 11.3 Å². The molecule has 1 aromatic heterocycles. The SMILES string of the molecule is C[C@@](O)(CNC(=O)c1cscn1)c1ccccc1Cl. The van der Waals surface area contributed by atoms with Gasteiger partial charge in [0.2, 0.25) is 0 Å². The monoisotopic (exact) mass is 296 g/mol. The second-order valence-corrected chi connectivity index (χ2v) is 5.44. The summed E-state index contributed by atoms with van der Waals surface area (Å²) in [6.07, 6.45) is 0. The maximum atomic E-state index is 11.8. The summed E-state index contributed by atoms with van der Waals surface area (Å²) in [4.78, 5) is 15.7. The molecule has 2 aromatic rings. The average molecular weight is 297 g/mol. The van der Waals surface area contributed by atoms with Gasteiger partial charge in [-0.25, -0.2) is 4.98 Å². The van der Waals surface area contributed by atoms with Crippen LogP contribution in [0.25, 0.3) is 0 Å². The number of carbonyl (C=O) groups excluding carboxylic acids is 1. The molecule has 0 bridgehead atoms. The van der Waals surface area contributed by atoms with Gasteiger partial charge >= 0.3 is 0 Å². The van der Waals surface area contributed by atoms with E-state index in [2.05, 4.69) is 10.3 Å². The Morgan fingerprint density at radius 1 is 1.53 bits per heavy atom. The van der Waals surface area contributed by atoms with Crippen molar-refractivity contribution in [1.82, 2.24) is 10.3 Å². The van der Waals surface area contributed by atoms with Gasteiger partial charge in [-0.05, 0) is 13.0 Å². The van der Waals surface area contributed by atoms with Crippen molar-refractivity contribution in [1.29, 1.82) is 0 Å². The predicted octanol–water partition coefficient (Wildman–Crippen LogP) is 2.43. The lowest BCUT2D eigenvalue weighted by molar-refractivity contribution is 0.0526. The van der Waals surface area contributed by atoms with Crippen molar-refractivity contribution in [3.63, 3.8) is 0 Å². The third-order valence-corrected chi connectivity index (χ3v) is 3.63. The van der Waals surface area contributed by atoms with Crippen molar-refractivity contribution < 1.29 is 9.90 Å². The number of halogens is 1. The fourth-order valence-electron chi connectivity index (χ4n) is 1.66. The largest absolute Gasteiger partial charge is 0.384 e. The fourth-order valence-corrected chi connectivity index (χ4v) is 2.53. The summed E-state index contributed by atoms with van der Waals surface area (Å²) in [6, 6.07) is 7.01. The van der Waals surface area contributed by atoms with Crippen LogP contribution in [-0.4, -0.2) is 22.5 Å². The van der Waals surface area contributed by atoms with Gasteiger partial charge in [0, 0.05) is 16.0 Å². The standard InChI is InChI=1S/C13H13ClN2O2S/c1-13(18,9-4-2-3-5-10(9)14)7-15-12(17)11-6-19-8-16-11/h2-6,8,18H,7H2,1H3,(H,15,17)/t13-/m1/s1. The van der Waals surface area contributed by atoms with Crippen LogP contribution in [0.4, 0.5) is 0 Å². The van der Waals surface area contributed by atoms with Crippen molar-refractivity contribution in [3.8, 4) is 0 Å². The molecule has 0 unspecified atom stereocenters. The lowest BCUT2D eigenvalue weighted by Gasteiger charge is -2.25. The second-order valence-electron chi connectivity index (χ2n) is 4.31. The van der Waals surface area contributed by atoms with Gasteiger partial charge in [0.05, 0.1) is 12.1 Å². The zero-order chi connectivity index (χ0) is 13.9. The minimum absolute atomic E-state index is 0.0626.